The number of hydrogen-bond acceptors (Lipinski definition) is 2. The van der Waals surface area contributed by atoms with Crippen molar-refractivity contribution in [2.24, 2.45) is 23.7 Å². The lowest BCUT2D eigenvalue weighted by Gasteiger charge is -2.19. The van der Waals surface area contributed by atoms with Crippen molar-refractivity contribution < 1.29 is 9.53 Å². The molecule has 2 aliphatic rings. The molecule has 0 amide bonds. The zero-order valence-electron chi connectivity index (χ0n) is 9.87. The van der Waals surface area contributed by atoms with Crippen LogP contribution in [0.1, 0.15) is 46.0 Å². The number of ether oxygens (including phenoxy) is 1. The second kappa shape index (κ2) is 4.54. The molecule has 2 aliphatic carbocycles. The van der Waals surface area contributed by atoms with Gasteiger partial charge >= 0.3 is 5.97 Å². The standard InChI is InChI=1S/C13H22O2/c1-9(2)5-6-15-13(14)11-4-3-10-7-12(10)8-11/h9-12H,3-8H2,1-2H3. The molecule has 3 unspecified atom stereocenters. The van der Waals surface area contributed by atoms with Gasteiger partial charge in [-0.2, -0.15) is 0 Å². The van der Waals surface area contributed by atoms with Gasteiger partial charge in [0.25, 0.3) is 0 Å². The Morgan fingerprint density at radius 2 is 2.07 bits per heavy atom. The van der Waals surface area contributed by atoms with Gasteiger partial charge in [0.1, 0.15) is 0 Å². The van der Waals surface area contributed by atoms with Crippen LogP contribution in [0.25, 0.3) is 0 Å². The van der Waals surface area contributed by atoms with Gasteiger partial charge in [-0.15, -0.1) is 0 Å². The molecule has 15 heavy (non-hydrogen) atoms. The first-order chi connectivity index (χ1) is 7.16. The molecule has 3 atom stereocenters. The minimum atomic E-state index is 0.0704. The molecular formula is C13H22O2. The molecule has 0 heterocycles. The first-order valence-electron chi connectivity index (χ1n) is 6.33. The average Bonchev–Trinajstić information content (AvgIpc) is 2.94. The van der Waals surface area contributed by atoms with Crippen LogP contribution in [0.5, 0.6) is 0 Å². The van der Waals surface area contributed by atoms with Crippen LogP contribution in [0.4, 0.5) is 0 Å². The van der Waals surface area contributed by atoms with E-state index in [0.717, 1.165) is 31.1 Å². The number of hydrogen-bond donors (Lipinski definition) is 0. The molecule has 2 nitrogen and oxygen atoms in total. The smallest absolute Gasteiger partial charge is 0.308 e. The first kappa shape index (κ1) is 11.0. The predicted octanol–water partition coefficient (Wildman–Crippen LogP) is 3.01. The van der Waals surface area contributed by atoms with Crippen molar-refractivity contribution >= 4 is 5.97 Å². The second-order valence-electron chi connectivity index (χ2n) is 5.62. The van der Waals surface area contributed by atoms with Gasteiger partial charge in [0, 0.05) is 0 Å². The minimum Gasteiger partial charge on any atom is -0.465 e. The van der Waals surface area contributed by atoms with Gasteiger partial charge in [0.05, 0.1) is 12.5 Å². The fraction of sp³-hybridized carbons (Fsp3) is 0.923. The molecule has 0 N–H and O–H groups in total. The molecule has 2 fully saturated rings. The van der Waals surface area contributed by atoms with Gasteiger partial charge in [0.2, 0.25) is 0 Å². The van der Waals surface area contributed by atoms with Crippen LogP contribution in [0.3, 0.4) is 0 Å². The third-order valence-electron chi connectivity index (χ3n) is 3.82. The molecule has 2 heteroatoms. The number of carbonyl (C=O) groups excluding carboxylic acids is 1. The normalized spacial score (nSPS) is 33.7. The van der Waals surface area contributed by atoms with Gasteiger partial charge in [-0.25, -0.2) is 0 Å². The molecule has 0 bridgehead atoms. The van der Waals surface area contributed by atoms with Crippen molar-refractivity contribution in [1.82, 2.24) is 0 Å². The summed E-state index contributed by atoms with van der Waals surface area (Å²) in [5, 5.41) is 0. The summed E-state index contributed by atoms with van der Waals surface area (Å²) in [6, 6.07) is 0. The third-order valence-corrected chi connectivity index (χ3v) is 3.82. The maximum Gasteiger partial charge on any atom is 0.308 e. The topological polar surface area (TPSA) is 26.3 Å². The Kier molecular flexibility index (Phi) is 3.32. The molecule has 0 radical (unpaired) electrons. The highest BCUT2D eigenvalue weighted by Crippen LogP contribution is 2.51. The number of esters is 1. The summed E-state index contributed by atoms with van der Waals surface area (Å²) in [5.74, 6) is 2.74. The van der Waals surface area contributed by atoms with Gasteiger partial charge in [-0.3, -0.25) is 4.79 Å². The molecular weight excluding hydrogens is 188 g/mol. The van der Waals surface area contributed by atoms with E-state index in [0.29, 0.717) is 12.5 Å². The Morgan fingerprint density at radius 1 is 1.27 bits per heavy atom. The molecule has 0 saturated heterocycles. The molecule has 2 rings (SSSR count). The van der Waals surface area contributed by atoms with Gasteiger partial charge in [-0.05, 0) is 49.9 Å². The van der Waals surface area contributed by atoms with Crippen molar-refractivity contribution in [3.8, 4) is 0 Å². The summed E-state index contributed by atoms with van der Waals surface area (Å²) in [6.07, 6.45) is 5.79. The Morgan fingerprint density at radius 3 is 2.73 bits per heavy atom. The molecule has 0 aliphatic heterocycles. The third kappa shape index (κ3) is 2.96. The summed E-state index contributed by atoms with van der Waals surface area (Å²) < 4.78 is 5.32. The minimum absolute atomic E-state index is 0.0704. The van der Waals surface area contributed by atoms with Crippen LogP contribution >= 0.6 is 0 Å². The monoisotopic (exact) mass is 210 g/mol. The van der Waals surface area contributed by atoms with Crippen LogP contribution in [0.2, 0.25) is 0 Å². The summed E-state index contributed by atoms with van der Waals surface area (Å²) in [5.41, 5.74) is 0. The lowest BCUT2D eigenvalue weighted by atomic mass is 9.89. The highest BCUT2D eigenvalue weighted by Gasteiger charge is 2.44. The van der Waals surface area contributed by atoms with E-state index >= 15 is 0 Å². The van der Waals surface area contributed by atoms with Crippen molar-refractivity contribution in [2.75, 3.05) is 6.61 Å². The SMILES string of the molecule is CC(C)CCOC(=O)C1CCC2CC2C1. The molecule has 86 valence electrons. The van der Waals surface area contributed by atoms with Crippen molar-refractivity contribution in [2.45, 2.75) is 46.0 Å². The average molecular weight is 210 g/mol. The summed E-state index contributed by atoms with van der Waals surface area (Å²) in [4.78, 5) is 11.7. The number of fused-ring (bicyclic) bond motifs is 1. The van der Waals surface area contributed by atoms with E-state index in [1.165, 1.54) is 12.8 Å². The Bertz CT molecular complexity index is 235. The highest BCUT2D eigenvalue weighted by molar-refractivity contribution is 5.72. The Balaban J connectivity index is 1.66. The van der Waals surface area contributed by atoms with Gasteiger partial charge < -0.3 is 4.74 Å². The van der Waals surface area contributed by atoms with Crippen LogP contribution < -0.4 is 0 Å². The summed E-state index contributed by atoms with van der Waals surface area (Å²) in [6.45, 7) is 4.92. The highest BCUT2D eigenvalue weighted by atomic mass is 16.5. The van der Waals surface area contributed by atoms with E-state index in [9.17, 15) is 4.79 Å². The fourth-order valence-electron chi connectivity index (χ4n) is 2.58. The maximum atomic E-state index is 11.7. The van der Waals surface area contributed by atoms with E-state index in [4.69, 9.17) is 4.74 Å². The second-order valence-corrected chi connectivity index (χ2v) is 5.62. The van der Waals surface area contributed by atoms with E-state index in [2.05, 4.69) is 13.8 Å². The van der Waals surface area contributed by atoms with E-state index in [-0.39, 0.29) is 11.9 Å². The first-order valence-corrected chi connectivity index (χ1v) is 6.33. The molecule has 0 aromatic heterocycles. The van der Waals surface area contributed by atoms with E-state index in [1.54, 1.807) is 0 Å². The Labute approximate surface area is 92.4 Å². The van der Waals surface area contributed by atoms with Crippen LogP contribution in [-0.2, 0) is 9.53 Å². The molecule has 0 spiro atoms. The summed E-state index contributed by atoms with van der Waals surface area (Å²) in [7, 11) is 0. The summed E-state index contributed by atoms with van der Waals surface area (Å²) >= 11 is 0. The van der Waals surface area contributed by atoms with Crippen molar-refractivity contribution in [3.63, 3.8) is 0 Å². The van der Waals surface area contributed by atoms with Crippen LogP contribution in [0.15, 0.2) is 0 Å². The van der Waals surface area contributed by atoms with Gasteiger partial charge in [-0.1, -0.05) is 13.8 Å². The molecule has 0 aromatic carbocycles. The van der Waals surface area contributed by atoms with Gasteiger partial charge in [0.15, 0.2) is 0 Å². The van der Waals surface area contributed by atoms with E-state index < -0.39 is 0 Å². The lowest BCUT2D eigenvalue weighted by molar-refractivity contribution is -0.150. The molecule has 0 aromatic rings. The van der Waals surface area contributed by atoms with E-state index in [1.807, 2.05) is 0 Å². The van der Waals surface area contributed by atoms with Crippen LogP contribution in [0, 0.1) is 23.7 Å². The maximum absolute atomic E-state index is 11.7. The zero-order chi connectivity index (χ0) is 10.8. The lowest BCUT2D eigenvalue weighted by Crippen LogP contribution is -2.22. The number of carbonyl (C=O) groups is 1. The Hall–Kier alpha value is -0.530. The predicted molar refractivity (Wildman–Crippen MR) is 59.4 cm³/mol. The number of rotatable bonds is 4. The fourth-order valence-corrected chi connectivity index (χ4v) is 2.58. The zero-order valence-corrected chi connectivity index (χ0v) is 9.87. The quantitative estimate of drug-likeness (QED) is 0.667. The van der Waals surface area contributed by atoms with Crippen molar-refractivity contribution in [3.05, 3.63) is 0 Å². The molecule has 2 saturated carbocycles. The van der Waals surface area contributed by atoms with Crippen LogP contribution in [-0.4, -0.2) is 12.6 Å². The largest absolute Gasteiger partial charge is 0.465 e. The van der Waals surface area contributed by atoms with Crippen molar-refractivity contribution in [1.29, 1.82) is 0 Å².